The van der Waals surface area contributed by atoms with E-state index >= 15 is 0 Å². The van der Waals surface area contributed by atoms with Gasteiger partial charge >= 0.3 is 5.63 Å². The van der Waals surface area contributed by atoms with Gasteiger partial charge in [-0.15, -0.1) is 0 Å². The first-order valence-electron chi connectivity index (χ1n) is 11.5. The largest absolute Gasteiger partial charge is 0.496 e. The van der Waals surface area contributed by atoms with E-state index in [1.54, 1.807) is 7.11 Å². The molecule has 0 saturated carbocycles. The lowest BCUT2D eigenvalue weighted by Crippen LogP contribution is -2.32. The van der Waals surface area contributed by atoms with Crippen LogP contribution in [-0.4, -0.2) is 30.3 Å². The number of fused-ring (bicyclic) bond motifs is 3. The summed E-state index contributed by atoms with van der Waals surface area (Å²) in [6.07, 6.45) is 1.84. The monoisotopic (exact) mass is 465 g/mol. The predicted octanol–water partition coefficient (Wildman–Crippen LogP) is 4.00. The van der Waals surface area contributed by atoms with Gasteiger partial charge in [0.15, 0.2) is 0 Å². The van der Waals surface area contributed by atoms with Crippen LogP contribution in [0.3, 0.4) is 0 Å². The molecule has 0 fully saturated rings. The molecule has 180 valence electrons. The third-order valence-corrected chi connectivity index (χ3v) is 6.48. The first kappa shape index (κ1) is 23.8. The molecule has 2 aromatic carbocycles. The highest BCUT2D eigenvalue weighted by Crippen LogP contribution is 2.43. The molecule has 1 aromatic heterocycles. The lowest BCUT2D eigenvalue weighted by molar-refractivity contribution is -0.122. The predicted molar refractivity (Wildman–Crippen MR) is 130 cm³/mol. The van der Waals surface area contributed by atoms with Crippen LogP contribution in [-0.2, 0) is 17.6 Å². The van der Waals surface area contributed by atoms with Crippen molar-refractivity contribution >= 4 is 16.9 Å². The Kier molecular flexibility index (Phi) is 6.66. The van der Waals surface area contributed by atoms with Crippen molar-refractivity contribution in [2.45, 2.75) is 58.1 Å². The number of rotatable bonds is 7. The highest BCUT2D eigenvalue weighted by atomic mass is 16.5. The van der Waals surface area contributed by atoms with Gasteiger partial charge in [0.05, 0.1) is 25.1 Å². The topological polar surface area (TPSA) is 98.0 Å². The molecule has 0 unspecified atom stereocenters. The van der Waals surface area contributed by atoms with E-state index < -0.39 is 11.7 Å². The Morgan fingerprint density at radius 2 is 2.00 bits per heavy atom. The average Bonchev–Trinajstić information content (AvgIpc) is 2.81. The minimum Gasteiger partial charge on any atom is -0.496 e. The van der Waals surface area contributed by atoms with Gasteiger partial charge in [-0.1, -0.05) is 30.3 Å². The Morgan fingerprint density at radius 3 is 2.68 bits per heavy atom. The van der Waals surface area contributed by atoms with Gasteiger partial charge in [-0.05, 0) is 51.2 Å². The van der Waals surface area contributed by atoms with E-state index in [1.165, 1.54) is 0 Å². The zero-order valence-corrected chi connectivity index (χ0v) is 20.1. The minimum atomic E-state index is -0.501. The molecule has 0 aliphatic carbocycles. The molecular formula is C27H31NO6. The number of nitrogens with one attached hydrogen (secondary N) is 1. The number of aliphatic hydroxyl groups is 1. The molecule has 3 aromatic rings. The van der Waals surface area contributed by atoms with Crippen LogP contribution in [0.4, 0.5) is 0 Å². The smallest absolute Gasteiger partial charge is 0.339 e. The number of ether oxygens (including phenoxy) is 2. The summed E-state index contributed by atoms with van der Waals surface area (Å²) < 4.78 is 17.6. The molecule has 1 amide bonds. The number of aliphatic hydroxyl groups excluding tert-OH is 1. The third-order valence-electron chi connectivity index (χ3n) is 6.48. The third kappa shape index (κ3) is 4.66. The Hall–Kier alpha value is -3.32. The number of benzene rings is 2. The van der Waals surface area contributed by atoms with E-state index in [9.17, 15) is 14.7 Å². The van der Waals surface area contributed by atoms with E-state index in [4.69, 9.17) is 13.9 Å². The van der Waals surface area contributed by atoms with E-state index in [-0.39, 0.29) is 31.0 Å². The van der Waals surface area contributed by atoms with Crippen LogP contribution in [0, 0.1) is 6.92 Å². The summed E-state index contributed by atoms with van der Waals surface area (Å²) in [5.41, 5.74) is 2.60. The van der Waals surface area contributed by atoms with Gasteiger partial charge in [0.1, 0.15) is 22.7 Å². The molecule has 2 heterocycles. The quantitative estimate of drug-likeness (QED) is 0.512. The highest BCUT2D eigenvalue weighted by molar-refractivity contribution is 5.92. The molecule has 7 heteroatoms. The molecule has 1 aliphatic rings. The molecule has 4 rings (SSSR count). The number of carbonyl (C=O) groups excluding carboxylic acids is 1. The molecule has 34 heavy (non-hydrogen) atoms. The molecule has 1 atom stereocenters. The van der Waals surface area contributed by atoms with Gasteiger partial charge < -0.3 is 24.3 Å². The molecule has 2 N–H and O–H groups in total. The van der Waals surface area contributed by atoms with Crippen molar-refractivity contribution in [1.29, 1.82) is 0 Å². The average molecular weight is 466 g/mol. The zero-order chi connectivity index (χ0) is 24.5. The number of amides is 1. The van der Waals surface area contributed by atoms with E-state index in [2.05, 4.69) is 5.32 Å². The Morgan fingerprint density at radius 1 is 1.26 bits per heavy atom. The lowest BCUT2D eigenvalue weighted by Gasteiger charge is -2.33. The van der Waals surface area contributed by atoms with Gasteiger partial charge in [-0.2, -0.15) is 0 Å². The Bertz CT molecular complexity index is 1260. The Balaban J connectivity index is 1.61. The second-order valence-corrected chi connectivity index (χ2v) is 9.33. The van der Waals surface area contributed by atoms with Crippen molar-refractivity contribution in [3.63, 3.8) is 0 Å². The number of hydrogen-bond acceptors (Lipinski definition) is 6. The fraction of sp³-hybridized carbons (Fsp3) is 0.407. The normalized spacial score (nSPS) is 15.3. The zero-order valence-electron chi connectivity index (χ0n) is 20.1. The summed E-state index contributed by atoms with van der Waals surface area (Å²) in [7, 11) is 1.57. The summed E-state index contributed by atoms with van der Waals surface area (Å²) in [5.74, 6) is 0.990. The van der Waals surface area contributed by atoms with Gasteiger partial charge in [0.25, 0.3) is 0 Å². The number of hydrogen-bond donors (Lipinski definition) is 2. The molecule has 7 nitrogen and oxygen atoms in total. The maximum absolute atomic E-state index is 13.0. The van der Waals surface area contributed by atoms with Crippen molar-refractivity contribution < 1.29 is 23.8 Å². The van der Waals surface area contributed by atoms with Crippen LogP contribution in [0.5, 0.6) is 11.5 Å². The summed E-state index contributed by atoms with van der Waals surface area (Å²) in [4.78, 5) is 25.6. The molecular weight excluding hydrogens is 434 g/mol. The maximum atomic E-state index is 13.0. The summed E-state index contributed by atoms with van der Waals surface area (Å²) in [6.45, 7) is 5.70. The summed E-state index contributed by atoms with van der Waals surface area (Å²) in [6, 6.07) is 10.6. The van der Waals surface area contributed by atoms with E-state index in [0.717, 1.165) is 34.9 Å². The number of carbonyl (C=O) groups is 1. The first-order valence-corrected chi connectivity index (χ1v) is 11.5. The van der Waals surface area contributed by atoms with Crippen molar-refractivity contribution in [1.82, 2.24) is 5.32 Å². The van der Waals surface area contributed by atoms with Crippen LogP contribution in [0.25, 0.3) is 11.0 Å². The minimum absolute atomic E-state index is 0.0883. The number of methoxy groups -OCH3 is 1. The first-order chi connectivity index (χ1) is 16.2. The maximum Gasteiger partial charge on any atom is 0.339 e. The molecule has 0 saturated heterocycles. The van der Waals surface area contributed by atoms with Gasteiger partial charge in [0.2, 0.25) is 5.91 Å². The lowest BCUT2D eigenvalue weighted by atomic mass is 9.91. The summed E-state index contributed by atoms with van der Waals surface area (Å²) in [5, 5.41) is 13.3. The molecule has 0 bridgehead atoms. The Labute approximate surface area is 198 Å². The van der Waals surface area contributed by atoms with Crippen LogP contribution >= 0.6 is 0 Å². The van der Waals surface area contributed by atoms with Crippen LogP contribution in [0.15, 0.2) is 45.6 Å². The van der Waals surface area contributed by atoms with Gasteiger partial charge in [0, 0.05) is 23.6 Å². The SMILES string of the molecule is COc1cc2c(c3oc(=O)c(CCC(=O)N[C@H](CO)c4ccccc4)c(C)c13)CCC(C)(C)O2. The van der Waals surface area contributed by atoms with E-state index in [1.807, 2.05) is 57.2 Å². The van der Waals surface area contributed by atoms with Crippen molar-refractivity contribution in [2.75, 3.05) is 13.7 Å². The van der Waals surface area contributed by atoms with Gasteiger partial charge in [-0.25, -0.2) is 4.79 Å². The molecule has 0 spiro atoms. The standard InChI is InChI=1S/C27H31NO6/c1-16-18(10-11-23(30)28-20(15-29)17-8-6-5-7-9-17)26(31)33-25-19-12-13-27(2,3)34-21(19)14-22(32-4)24(16)25/h5-9,14,20,29H,10-13,15H2,1-4H3,(H,28,30)/t20-/m1/s1. The van der Waals surface area contributed by atoms with Crippen LogP contribution in [0.2, 0.25) is 0 Å². The van der Waals surface area contributed by atoms with Crippen LogP contribution < -0.4 is 20.4 Å². The van der Waals surface area contributed by atoms with Crippen molar-refractivity contribution in [2.24, 2.45) is 0 Å². The number of aryl methyl sites for hydroxylation is 2. The van der Waals surface area contributed by atoms with Crippen molar-refractivity contribution in [3.05, 3.63) is 69.1 Å². The molecule has 0 radical (unpaired) electrons. The second-order valence-electron chi connectivity index (χ2n) is 9.33. The van der Waals surface area contributed by atoms with Gasteiger partial charge in [-0.3, -0.25) is 4.79 Å². The fourth-order valence-corrected chi connectivity index (χ4v) is 4.56. The van der Waals surface area contributed by atoms with Crippen LogP contribution in [0.1, 0.15) is 55.0 Å². The highest BCUT2D eigenvalue weighted by Gasteiger charge is 2.31. The summed E-state index contributed by atoms with van der Waals surface area (Å²) >= 11 is 0. The van der Waals surface area contributed by atoms with Crippen molar-refractivity contribution in [3.8, 4) is 11.5 Å². The second kappa shape index (κ2) is 9.50. The van der Waals surface area contributed by atoms with E-state index in [0.29, 0.717) is 22.6 Å². The fourth-order valence-electron chi connectivity index (χ4n) is 4.56. The molecule has 1 aliphatic heterocycles.